The molecule has 1 aliphatic rings. The van der Waals surface area contributed by atoms with E-state index in [1.165, 1.54) is 19.3 Å². The molecule has 2 aromatic rings. The third-order valence-corrected chi connectivity index (χ3v) is 5.26. The van der Waals surface area contributed by atoms with Crippen molar-refractivity contribution in [1.82, 2.24) is 19.7 Å². The van der Waals surface area contributed by atoms with Gasteiger partial charge in [-0.05, 0) is 43.4 Å². The van der Waals surface area contributed by atoms with Crippen molar-refractivity contribution in [2.75, 3.05) is 17.3 Å². The number of carbonyl (C=O) groups is 1. The quantitative estimate of drug-likeness (QED) is 0.802. The second kappa shape index (κ2) is 8.37. The van der Waals surface area contributed by atoms with E-state index in [4.69, 9.17) is 0 Å². The van der Waals surface area contributed by atoms with Gasteiger partial charge in [-0.15, -0.1) is 5.10 Å². The van der Waals surface area contributed by atoms with E-state index in [0.717, 1.165) is 30.8 Å². The van der Waals surface area contributed by atoms with Crippen molar-refractivity contribution in [1.29, 1.82) is 0 Å². The smallest absolute Gasteiger partial charge is 0.249 e. The fourth-order valence-electron chi connectivity index (χ4n) is 3.28. The van der Waals surface area contributed by atoms with E-state index < -0.39 is 0 Å². The van der Waals surface area contributed by atoms with Crippen molar-refractivity contribution in [3.8, 4) is 0 Å². The molecule has 0 aromatic carbocycles. The number of H-pyrrole nitrogens is 1. The molecule has 1 saturated carbocycles. The fraction of sp³-hybridized carbons (Fsp3) is 0.588. The molecular formula is C17H25N5OS. The van der Waals surface area contributed by atoms with Gasteiger partial charge in [-0.25, -0.2) is 0 Å². The van der Waals surface area contributed by atoms with Crippen LogP contribution in [0, 0.1) is 0 Å². The summed E-state index contributed by atoms with van der Waals surface area (Å²) in [6, 6.07) is 3.64. The van der Waals surface area contributed by atoms with Gasteiger partial charge in [-0.1, -0.05) is 19.3 Å². The SMILES string of the molecule is CSCC[C@H](C(=O)Nc1n[nH]c(C2CCCCC2)n1)n1cccc1. The minimum absolute atomic E-state index is 0.0607. The van der Waals surface area contributed by atoms with Crippen LogP contribution in [0.3, 0.4) is 0 Å². The molecule has 0 bridgehead atoms. The van der Waals surface area contributed by atoms with Crippen molar-refractivity contribution in [3.05, 3.63) is 30.4 Å². The highest BCUT2D eigenvalue weighted by atomic mass is 32.2. The number of aromatic nitrogens is 4. The van der Waals surface area contributed by atoms with Gasteiger partial charge in [0, 0.05) is 18.3 Å². The van der Waals surface area contributed by atoms with E-state index in [1.54, 1.807) is 11.8 Å². The molecule has 2 aromatic heterocycles. The number of anilines is 1. The van der Waals surface area contributed by atoms with Crippen LogP contribution < -0.4 is 5.32 Å². The third kappa shape index (κ3) is 4.20. The van der Waals surface area contributed by atoms with Gasteiger partial charge in [-0.2, -0.15) is 16.7 Å². The number of thioether (sulfide) groups is 1. The van der Waals surface area contributed by atoms with Gasteiger partial charge in [0.15, 0.2) is 0 Å². The highest BCUT2D eigenvalue weighted by Crippen LogP contribution is 2.30. The lowest BCUT2D eigenvalue weighted by molar-refractivity contribution is -0.119. The second-order valence-corrected chi connectivity index (χ2v) is 7.28. The molecule has 0 radical (unpaired) electrons. The largest absolute Gasteiger partial charge is 0.342 e. The summed E-state index contributed by atoms with van der Waals surface area (Å²) >= 11 is 1.74. The molecule has 0 unspecified atom stereocenters. The molecule has 130 valence electrons. The zero-order chi connectivity index (χ0) is 16.8. The van der Waals surface area contributed by atoms with Gasteiger partial charge in [0.25, 0.3) is 0 Å². The Morgan fingerprint density at radius 3 is 2.83 bits per heavy atom. The molecule has 3 rings (SSSR count). The van der Waals surface area contributed by atoms with Crippen LogP contribution in [0.4, 0.5) is 5.95 Å². The predicted octanol–water partition coefficient (Wildman–Crippen LogP) is 3.59. The van der Waals surface area contributed by atoms with Gasteiger partial charge < -0.3 is 4.57 Å². The molecule has 1 atom stereocenters. The number of amides is 1. The van der Waals surface area contributed by atoms with Crippen LogP contribution in [0.5, 0.6) is 0 Å². The second-order valence-electron chi connectivity index (χ2n) is 6.30. The highest BCUT2D eigenvalue weighted by Gasteiger charge is 2.23. The topological polar surface area (TPSA) is 75.6 Å². The van der Waals surface area contributed by atoms with Crippen LogP contribution in [0.15, 0.2) is 24.5 Å². The lowest BCUT2D eigenvalue weighted by atomic mass is 9.89. The Kier molecular flexibility index (Phi) is 5.96. The molecule has 0 aliphatic heterocycles. The number of nitrogens with one attached hydrogen (secondary N) is 2. The minimum atomic E-state index is -0.232. The fourth-order valence-corrected chi connectivity index (χ4v) is 3.74. The minimum Gasteiger partial charge on any atom is -0.342 e. The summed E-state index contributed by atoms with van der Waals surface area (Å²) in [5.74, 6) is 2.62. The summed E-state index contributed by atoms with van der Waals surface area (Å²) < 4.78 is 1.94. The number of rotatable bonds is 7. The van der Waals surface area contributed by atoms with Crippen LogP contribution in [-0.2, 0) is 4.79 Å². The number of carbonyl (C=O) groups excluding carboxylic acids is 1. The first-order valence-corrected chi connectivity index (χ1v) is 10.0. The molecule has 0 spiro atoms. The standard InChI is InChI=1S/C17H25N5OS/c1-24-12-9-14(22-10-5-6-11-22)16(23)19-17-18-15(20-21-17)13-7-3-2-4-8-13/h5-6,10-11,13-14H,2-4,7-9,12H2,1H3,(H2,18,19,20,21,23)/t14-/m1/s1. The molecule has 1 amide bonds. The summed E-state index contributed by atoms with van der Waals surface area (Å²) in [4.78, 5) is 17.2. The van der Waals surface area contributed by atoms with Crippen molar-refractivity contribution >= 4 is 23.6 Å². The number of aromatic amines is 1. The maximum atomic E-state index is 12.7. The Balaban J connectivity index is 1.65. The summed E-state index contributed by atoms with van der Waals surface area (Å²) in [6.07, 6.45) is 12.8. The molecule has 1 fully saturated rings. The van der Waals surface area contributed by atoms with Crippen LogP contribution in [0.1, 0.15) is 56.3 Å². The third-order valence-electron chi connectivity index (χ3n) is 4.62. The summed E-state index contributed by atoms with van der Waals surface area (Å²) in [7, 11) is 0. The van der Waals surface area contributed by atoms with Crippen LogP contribution in [0.2, 0.25) is 0 Å². The predicted molar refractivity (Wildman–Crippen MR) is 97.3 cm³/mol. The van der Waals surface area contributed by atoms with E-state index in [2.05, 4.69) is 26.8 Å². The summed E-state index contributed by atoms with van der Waals surface area (Å²) in [5.41, 5.74) is 0. The maximum Gasteiger partial charge on any atom is 0.249 e. The van der Waals surface area contributed by atoms with Gasteiger partial charge in [0.2, 0.25) is 11.9 Å². The van der Waals surface area contributed by atoms with Crippen LogP contribution >= 0.6 is 11.8 Å². The van der Waals surface area contributed by atoms with E-state index in [-0.39, 0.29) is 11.9 Å². The first-order chi connectivity index (χ1) is 11.8. The van der Waals surface area contributed by atoms with Crippen molar-refractivity contribution in [2.24, 2.45) is 0 Å². The molecule has 0 saturated heterocycles. The zero-order valence-corrected chi connectivity index (χ0v) is 14.9. The molecule has 24 heavy (non-hydrogen) atoms. The van der Waals surface area contributed by atoms with Crippen LogP contribution in [0.25, 0.3) is 0 Å². The molecule has 6 nitrogen and oxygen atoms in total. The van der Waals surface area contributed by atoms with Crippen molar-refractivity contribution < 1.29 is 4.79 Å². The lowest BCUT2D eigenvalue weighted by Crippen LogP contribution is -2.26. The van der Waals surface area contributed by atoms with Crippen LogP contribution in [-0.4, -0.2) is 37.7 Å². The molecule has 1 aliphatic carbocycles. The highest BCUT2D eigenvalue weighted by molar-refractivity contribution is 7.98. The number of hydrogen-bond donors (Lipinski definition) is 2. The average Bonchev–Trinajstić information content (AvgIpc) is 3.28. The Morgan fingerprint density at radius 1 is 1.38 bits per heavy atom. The molecular weight excluding hydrogens is 322 g/mol. The Bertz CT molecular complexity index is 633. The van der Waals surface area contributed by atoms with Gasteiger partial charge in [0.1, 0.15) is 11.9 Å². The Hall–Kier alpha value is -1.76. The molecule has 2 heterocycles. The van der Waals surface area contributed by atoms with Crippen molar-refractivity contribution in [2.45, 2.75) is 50.5 Å². The first-order valence-electron chi connectivity index (χ1n) is 8.62. The van der Waals surface area contributed by atoms with Gasteiger partial charge >= 0.3 is 0 Å². The first kappa shape index (κ1) is 17.1. The average molecular weight is 347 g/mol. The summed E-state index contributed by atoms with van der Waals surface area (Å²) in [5, 5.41) is 10.1. The number of hydrogen-bond acceptors (Lipinski definition) is 4. The number of nitrogens with zero attached hydrogens (tertiary/aromatic N) is 3. The van der Waals surface area contributed by atoms with Gasteiger partial charge in [-0.3, -0.25) is 15.2 Å². The lowest BCUT2D eigenvalue weighted by Gasteiger charge is -2.18. The molecule has 7 heteroatoms. The van der Waals surface area contributed by atoms with Crippen molar-refractivity contribution in [3.63, 3.8) is 0 Å². The summed E-state index contributed by atoms with van der Waals surface area (Å²) in [6.45, 7) is 0. The maximum absolute atomic E-state index is 12.7. The zero-order valence-electron chi connectivity index (χ0n) is 14.1. The monoisotopic (exact) mass is 347 g/mol. The van der Waals surface area contributed by atoms with E-state index in [0.29, 0.717) is 11.9 Å². The Morgan fingerprint density at radius 2 is 2.12 bits per heavy atom. The van der Waals surface area contributed by atoms with Gasteiger partial charge in [0.05, 0.1) is 0 Å². The molecule has 2 N–H and O–H groups in total. The normalized spacial score (nSPS) is 16.9. The van der Waals surface area contributed by atoms with E-state index in [1.807, 2.05) is 29.1 Å². The van der Waals surface area contributed by atoms with E-state index in [9.17, 15) is 4.79 Å². The Labute approximate surface area is 146 Å². The van der Waals surface area contributed by atoms with E-state index >= 15 is 0 Å².